The number of urea groups is 1. The first-order chi connectivity index (χ1) is 29.8. The van der Waals surface area contributed by atoms with Gasteiger partial charge in [-0.25, -0.2) is 18.2 Å². The highest BCUT2D eigenvalue weighted by Crippen LogP contribution is 2.46. The number of nitrogens with one attached hydrogen (secondary N) is 4. The van der Waals surface area contributed by atoms with Crippen LogP contribution < -0.4 is 25.4 Å². The molecule has 0 spiro atoms. The molecular weight excluding hydrogens is 823 g/mol. The van der Waals surface area contributed by atoms with Crippen molar-refractivity contribution < 1.29 is 36.7 Å². The fourth-order valence-electron chi connectivity index (χ4n) is 8.61. The van der Waals surface area contributed by atoms with Gasteiger partial charge in [0.15, 0.2) is 5.82 Å². The number of allylic oxidation sites excluding steroid dienone is 1. The number of hydrogen-bond donors (Lipinski definition) is 4. The molecule has 4 heterocycles. The predicted molar refractivity (Wildman–Crippen MR) is 239 cm³/mol. The number of carbonyl (C=O) groups is 4. The quantitative estimate of drug-likeness (QED) is 0.148. The van der Waals surface area contributed by atoms with Crippen molar-refractivity contribution in [3.8, 4) is 17.3 Å². The van der Waals surface area contributed by atoms with Crippen LogP contribution in [-0.2, 0) is 29.8 Å². The van der Waals surface area contributed by atoms with Crippen LogP contribution in [0.15, 0.2) is 65.1 Å². The maximum absolute atomic E-state index is 14.8. The minimum Gasteiger partial charge on any atom is -0.470 e. The van der Waals surface area contributed by atoms with Crippen LogP contribution in [0.1, 0.15) is 111 Å². The average Bonchev–Trinajstić information content (AvgIpc) is 4.12. The van der Waals surface area contributed by atoms with E-state index in [1.165, 1.54) is 4.90 Å². The molecular formula is C47H59N7O8S. The van der Waals surface area contributed by atoms with Gasteiger partial charge in [-0.05, 0) is 82.4 Å². The smallest absolute Gasteiger partial charge is 0.315 e. The SMILES string of the molecule is CC(C)(C)NC(=O)NC1CCCCCC/C=C\C2CC2(C(=O)NS(=O)(=O)C2CC2)NC(=O)C2CC(Oc3nc(-c4ccc(C(C)(C)C)cc4)nc4c3oc3ccccc34)CN2C1=O. The second-order valence-electron chi connectivity index (χ2n) is 19.7. The van der Waals surface area contributed by atoms with Crippen molar-refractivity contribution in [1.82, 2.24) is 35.5 Å². The zero-order valence-electron chi connectivity index (χ0n) is 37.0. The predicted octanol–water partition coefficient (Wildman–Crippen LogP) is 6.55. The summed E-state index contributed by atoms with van der Waals surface area (Å²) in [6.07, 6.45) is 8.48. The molecule has 5 amide bonds. The van der Waals surface area contributed by atoms with Gasteiger partial charge in [0.05, 0.1) is 11.8 Å². The van der Waals surface area contributed by atoms with Crippen molar-refractivity contribution in [2.45, 2.75) is 146 Å². The third-order valence-corrected chi connectivity index (χ3v) is 14.2. The van der Waals surface area contributed by atoms with Gasteiger partial charge in [-0.2, -0.15) is 4.98 Å². The standard InChI is InChI=1S/C47H59N7O8S/c1-45(2,3)29-21-19-28(20-22-29)39-49-37-33-16-13-14-18-36(33)62-38(37)41(50-39)61-31-25-35-40(55)51-47(43(57)53-63(59,60)32-23-24-32)26-30(47)15-11-9-7-8-10-12-17-34(42(56)54(35)27-31)48-44(58)52-46(4,5)6/h11,13-16,18-22,30-32,34-35H,7-10,12,17,23-27H2,1-6H3,(H,51,55)(H,53,57)(H2,48,52,58)/b15-11-. The highest BCUT2D eigenvalue weighted by molar-refractivity contribution is 7.91. The maximum Gasteiger partial charge on any atom is 0.315 e. The zero-order chi connectivity index (χ0) is 44.9. The summed E-state index contributed by atoms with van der Waals surface area (Å²) in [5, 5.41) is 8.82. The molecule has 5 unspecified atom stereocenters. The highest BCUT2D eigenvalue weighted by atomic mass is 32.2. The lowest BCUT2D eigenvalue weighted by Crippen LogP contribution is -2.59. The van der Waals surface area contributed by atoms with Crippen LogP contribution in [0.2, 0.25) is 0 Å². The highest BCUT2D eigenvalue weighted by Gasteiger charge is 2.62. The van der Waals surface area contributed by atoms with Crippen LogP contribution in [0, 0.1) is 5.92 Å². The van der Waals surface area contributed by atoms with E-state index in [9.17, 15) is 27.6 Å². The van der Waals surface area contributed by atoms with E-state index >= 15 is 0 Å². The Morgan fingerprint density at radius 1 is 0.937 bits per heavy atom. The lowest BCUT2D eigenvalue weighted by atomic mass is 9.87. The number of para-hydroxylation sites is 1. The summed E-state index contributed by atoms with van der Waals surface area (Å²) in [6.45, 7) is 11.9. The summed E-state index contributed by atoms with van der Waals surface area (Å²) >= 11 is 0. The number of aromatic nitrogens is 2. The van der Waals surface area contributed by atoms with Gasteiger partial charge in [0.1, 0.15) is 34.8 Å². The lowest BCUT2D eigenvalue weighted by molar-refractivity contribution is -0.141. The number of fused-ring (bicyclic) bond motifs is 5. The van der Waals surface area contributed by atoms with Crippen LogP contribution in [0.5, 0.6) is 5.88 Å². The second kappa shape index (κ2) is 16.9. The van der Waals surface area contributed by atoms with E-state index in [1.54, 1.807) is 0 Å². The van der Waals surface area contributed by atoms with E-state index in [4.69, 9.17) is 19.1 Å². The fraction of sp³-hybridized carbons (Fsp3) is 0.532. The van der Waals surface area contributed by atoms with Crippen LogP contribution in [0.25, 0.3) is 33.5 Å². The largest absolute Gasteiger partial charge is 0.470 e. The molecule has 4 aliphatic rings. The first-order valence-corrected chi connectivity index (χ1v) is 23.8. The Morgan fingerprint density at radius 2 is 1.67 bits per heavy atom. The number of hydrogen-bond acceptors (Lipinski definition) is 10. The van der Waals surface area contributed by atoms with Crippen molar-refractivity contribution in [2.24, 2.45) is 5.92 Å². The summed E-state index contributed by atoms with van der Waals surface area (Å²) in [7, 11) is -3.92. The molecule has 4 aromatic rings. The van der Waals surface area contributed by atoms with Crippen LogP contribution in [-0.4, -0.2) is 88.1 Å². The molecule has 2 aliphatic carbocycles. The summed E-state index contributed by atoms with van der Waals surface area (Å²) in [4.78, 5) is 68.1. The van der Waals surface area contributed by atoms with Crippen molar-refractivity contribution >= 4 is 55.8 Å². The molecule has 2 aliphatic heterocycles. The average molecular weight is 882 g/mol. The number of furan rings is 1. The molecule has 63 heavy (non-hydrogen) atoms. The molecule has 16 heteroatoms. The number of rotatable bonds is 7. The number of ether oxygens (including phenoxy) is 1. The van der Waals surface area contributed by atoms with Crippen molar-refractivity contribution in [2.75, 3.05) is 6.54 Å². The molecule has 336 valence electrons. The van der Waals surface area contributed by atoms with E-state index in [2.05, 4.69) is 41.4 Å². The number of benzene rings is 2. The van der Waals surface area contributed by atoms with Crippen molar-refractivity contribution in [1.29, 1.82) is 0 Å². The molecule has 5 atom stereocenters. The number of nitrogens with zero attached hydrogens (tertiary/aromatic N) is 3. The molecule has 2 saturated carbocycles. The number of amides is 5. The van der Waals surface area contributed by atoms with Gasteiger partial charge in [-0.3, -0.25) is 19.1 Å². The zero-order valence-corrected chi connectivity index (χ0v) is 37.8. The van der Waals surface area contributed by atoms with E-state index in [0.717, 1.165) is 42.2 Å². The van der Waals surface area contributed by atoms with Crippen LogP contribution in [0.4, 0.5) is 4.79 Å². The number of carbonyl (C=O) groups excluding carboxylic acids is 4. The Labute approximate surface area is 368 Å². The van der Waals surface area contributed by atoms with Gasteiger partial charge in [-0.15, -0.1) is 0 Å². The minimum atomic E-state index is -3.92. The topological polar surface area (TPSA) is 202 Å². The van der Waals surface area contributed by atoms with Gasteiger partial charge in [0.2, 0.25) is 27.4 Å². The third-order valence-electron chi connectivity index (χ3n) is 12.4. The molecule has 1 saturated heterocycles. The van der Waals surface area contributed by atoms with Gasteiger partial charge in [0, 0.05) is 28.8 Å². The van der Waals surface area contributed by atoms with E-state index in [-0.39, 0.29) is 30.7 Å². The Bertz CT molecular complexity index is 2560. The molecule has 0 radical (unpaired) electrons. The van der Waals surface area contributed by atoms with Gasteiger partial charge >= 0.3 is 6.03 Å². The molecule has 2 aromatic heterocycles. The molecule has 15 nitrogen and oxygen atoms in total. The van der Waals surface area contributed by atoms with Gasteiger partial charge < -0.3 is 30.0 Å². The Morgan fingerprint density at radius 3 is 2.38 bits per heavy atom. The minimum absolute atomic E-state index is 0.00159. The molecule has 3 fully saturated rings. The second-order valence-corrected chi connectivity index (χ2v) is 21.7. The molecule has 0 bridgehead atoms. The van der Waals surface area contributed by atoms with Gasteiger partial charge in [0.25, 0.3) is 11.8 Å². The Hall–Kier alpha value is -5.51. The summed E-state index contributed by atoms with van der Waals surface area (Å²) in [5.41, 5.74) is 1.15. The molecule has 8 rings (SSSR count). The Balaban J connectivity index is 1.15. The molecule has 4 N–H and O–H groups in total. The van der Waals surface area contributed by atoms with Crippen molar-refractivity contribution in [3.05, 3.63) is 66.2 Å². The van der Waals surface area contributed by atoms with Crippen LogP contribution >= 0.6 is 0 Å². The third kappa shape index (κ3) is 9.70. The fourth-order valence-corrected chi connectivity index (χ4v) is 9.97. The Kier molecular flexibility index (Phi) is 11.8. The lowest BCUT2D eigenvalue weighted by Gasteiger charge is -2.30. The maximum atomic E-state index is 14.8. The van der Waals surface area contributed by atoms with E-state index in [0.29, 0.717) is 48.2 Å². The normalized spacial score (nSPS) is 25.5. The summed E-state index contributed by atoms with van der Waals surface area (Å²) < 4.78 is 41.3. The monoisotopic (exact) mass is 881 g/mol. The van der Waals surface area contributed by atoms with E-state index < -0.39 is 74.2 Å². The summed E-state index contributed by atoms with van der Waals surface area (Å²) in [6, 6.07) is 12.9. The summed E-state index contributed by atoms with van der Waals surface area (Å²) in [5.74, 6) is -1.82. The number of sulfonamides is 1. The first-order valence-electron chi connectivity index (χ1n) is 22.2. The van der Waals surface area contributed by atoms with E-state index in [1.807, 2.05) is 81.5 Å². The first kappa shape index (κ1) is 44.1. The molecule has 2 aromatic carbocycles. The van der Waals surface area contributed by atoms with Crippen molar-refractivity contribution in [3.63, 3.8) is 0 Å². The van der Waals surface area contributed by atoms with Gasteiger partial charge in [-0.1, -0.05) is 88.6 Å². The van der Waals surface area contributed by atoms with Crippen LogP contribution in [0.3, 0.4) is 0 Å².